The van der Waals surface area contributed by atoms with Crippen molar-refractivity contribution in [1.82, 2.24) is 4.90 Å². The van der Waals surface area contributed by atoms with Crippen LogP contribution in [-0.2, 0) is 6.42 Å². The maximum absolute atomic E-state index is 6.40. The molecule has 4 nitrogen and oxygen atoms in total. The number of hydrogen-bond acceptors (Lipinski definition) is 4. The minimum absolute atomic E-state index is 0.186. The van der Waals surface area contributed by atoms with Crippen molar-refractivity contribution in [3.05, 3.63) is 58.6 Å². The predicted molar refractivity (Wildman–Crippen MR) is 106 cm³/mol. The Hall–Kier alpha value is -1.75. The molecule has 0 spiro atoms. The minimum Gasteiger partial charge on any atom is -0.493 e. The summed E-state index contributed by atoms with van der Waals surface area (Å²) in [5.41, 5.74) is 8.88. The Morgan fingerprint density at radius 1 is 1.12 bits per heavy atom. The highest BCUT2D eigenvalue weighted by atomic mass is 35.5. The first-order valence-corrected chi connectivity index (χ1v) is 9.43. The van der Waals surface area contributed by atoms with E-state index in [-0.39, 0.29) is 6.04 Å². The number of hydrogen-bond donors (Lipinski definition) is 1. The molecule has 2 aromatic carbocycles. The van der Waals surface area contributed by atoms with Gasteiger partial charge in [0.15, 0.2) is 11.5 Å². The third-order valence-corrected chi connectivity index (χ3v) is 5.43. The number of nitrogens with zero attached hydrogens (tertiary/aromatic N) is 1. The van der Waals surface area contributed by atoms with Crippen LogP contribution >= 0.6 is 11.6 Å². The zero-order chi connectivity index (χ0) is 18.5. The Kier molecular flexibility index (Phi) is 6.41. The molecule has 140 valence electrons. The summed E-state index contributed by atoms with van der Waals surface area (Å²) in [6, 6.07) is 14.4. The van der Waals surface area contributed by atoms with E-state index in [1.165, 1.54) is 11.1 Å². The van der Waals surface area contributed by atoms with Gasteiger partial charge in [-0.25, -0.2) is 0 Å². The van der Waals surface area contributed by atoms with E-state index in [4.69, 9.17) is 26.8 Å². The molecule has 5 heteroatoms. The molecule has 0 radical (unpaired) electrons. The molecule has 1 saturated heterocycles. The van der Waals surface area contributed by atoms with Gasteiger partial charge in [0, 0.05) is 30.1 Å². The van der Waals surface area contributed by atoms with Crippen LogP contribution in [0.5, 0.6) is 11.5 Å². The summed E-state index contributed by atoms with van der Waals surface area (Å²) in [6.07, 6.45) is 1.97. The van der Waals surface area contributed by atoms with Crippen LogP contribution in [0.1, 0.15) is 23.5 Å². The van der Waals surface area contributed by atoms with Crippen molar-refractivity contribution in [2.24, 2.45) is 5.73 Å². The average Bonchev–Trinajstić information content (AvgIpc) is 2.67. The van der Waals surface area contributed by atoms with Crippen LogP contribution in [-0.4, -0.2) is 44.8 Å². The molecule has 0 bridgehead atoms. The van der Waals surface area contributed by atoms with Crippen LogP contribution in [0.15, 0.2) is 42.5 Å². The third kappa shape index (κ3) is 4.50. The van der Waals surface area contributed by atoms with Gasteiger partial charge in [0.1, 0.15) is 0 Å². The van der Waals surface area contributed by atoms with Gasteiger partial charge in [-0.15, -0.1) is 0 Å². The Labute approximate surface area is 160 Å². The molecule has 1 aliphatic rings. The molecule has 1 aliphatic heterocycles. The molecule has 2 N–H and O–H groups in total. The maximum atomic E-state index is 6.40. The van der Waals surface area contributed by atoms with Gasteiger partial charge in [0.25, 0.3) is 0 Å². The lowest BCUT2D eigenvalue weighted by Crippen LogP contribution is -2.46. The second-order valence-corrected chi connectivity index (χ2v) is 7.29. The van der Waals surface area contributed by atoms with Crippen molar-refractivity contribution < 1.29 is 9.47 Å². The number of benzene rings is 2. The monoisotopic (exact) mass is 374 g/mol. The van der Waals surface area contributed by atoms with Crippen LogP contribution in [0.25, 0.3) is 0 Å². The van der Waals surface area contributed by atoms with Crippen molar-refractivity contribution in [2.45, 2.75) is 24.8 Å². The Morgan fingerprint density at radius 2 is 1.92 bits per heavy atom. The first-order valence-electron chi connectivity index (χ1n) is 9.05. The fraction of sp³-hybridized carbons (Fsp3) is 0.429. The lowest BCUT2D eigenvalue weighted by Gasteiger charge is -2.37. The summed E-state index contributed by atoms with van der Waals surface area (Å²) in [5, 5.41) is 0.775. The standard InChI is InChI=1S/C21H27ClN2O2/c1-25-20-7-6-15(12-21(20)26-2)8-10-24-11-9-19(23)18(14-24)16-4-3-5-17(22)13-16/h3-7,12-13,18-19H,8-11,14,23H2,1-2H3/t18-,19-/m1/s1. The van der Waals surface area contributed by atoms with Crippen molar-refractivity contribution in [2.75, 3.05) is 33.9 Å². The van der Waals surface area contributed by atoms with Gasteiger partial charge < -0.3 is 20.1 Å². The minimum atomic E-state index is 0.186. The molecule has 3 rings (SSSR count). The Morgan fingerprint density at radius 3 is 2.65 bits per heavy atom. The SMILES string of the molecule is COc1ccc(CCN2CC[C@@H](N)[C@@H](c3cccc(Cl)c3)C2)cc1OC. The van der Waals surface area contributed by atoms with Gasteiger partial charge in [-0.2, -0.15) is 0 Å². The highest BCUT2D eigenvalue weighted by molar-refractivity contribution is 6.30. The molecule has 0 saturated carbocycles. The number of piperidine rings is 1. The van der Waals surface area contributed by atoms with E-state index < -0.39 is 0 Å². The fourth-order valence-corrected chi connectivity index (χ4v) is 3.85. The summed E-state index contributed by atoms with van der Waals surface area (Å²) in [7, 11) is 3.33. The lowest BCUT2D eigenvalue weighted by molar-refractivity contribution is 0.192. The Bertz CT molecular complexity index is 738. The molecule has 1 fully saturated rings. The summed E-state index contributed by atoms with van der Waals surface area (Å²) >= 11 is 6.17. The molecule has 0 amide bonds. The van der Waals surface area contributed by atoms with Gasteiger partial charge in [-0.1, -0.05) is 29.8 Å². The van der Waals surface area contributed by atoms with Crippen molar-refractivity contribution in [3.8, 4) is 11.5 Å². The molecule has 2 atom stereocenters. The second kappa shape index (κ2) is 8.76. The third-order valence-electron chi connectivity index (χ3n) is 5.19. The number of likely N-dealkylation sites (tertiary alicyclic amines) is 1. The number of methoxy groups -OCH3 is 2. The summed E-state index contributed by atoms with van der Waals surface area (Å²) in [6.45, 7) is 3.00. The molecular weight excluding hydrogens is 348 g/mol. The molecule has 0 aliphatic carbocycles. The van der Waals surface area contributed by atoms with Crippen LogP contribution in [0.3, 0.4) is 0 Å². The molecule has 2 aromatic rings. The zero-order valence-corrected chi connectivity index (χ0v) is 16.2. The highest BCUT2D eigenvalue weighted by Crippen LogP contribution is 2.30. The largest absolute Gasteiger partial charge is 0.493 e. The van der Waals surface area contributed by atoms with Crippen molar-refractivity contribution >= 4 is 11.6 Å². The van der Waals surface area contributed by atoms with Gasteiger partial charge in [0.2, 0.25) is 0 Å². The first kappa shape index (κ1) is 19.0. The number of rotatable bonds is 6. The number of nitrogens with two attached hydrogens (primary N) is 1. The molecule has 26 heavy (non-hydrogen) atoms. The van der Waals surface area contributed by atoms with E-state index in [1.807, 2.05) is 24.3 Å². The normalized spacial score (nSPS) is 20.8. The van der Waals surface area contributed by atoms with E-state index in [0.717, 1.165) is 49.0 Å². The molecule has 0 aromatic heterocycles. The van der Waals surface area contributed by atoms with E-state index in [9.17, 15) is 0 Å². The molecular formula is C21H27ClN2O2. The molecule has 1 heterocycles. The van der Waals surface area contributed by atoms with Crippen LogP contribution < -0.4 is 15.2 Å². The number of halogens is 1. The van der Waals surface area contributed by atoms with E-state index >= 15 is 0 Å². The van der Waals surface area contributed by atoms with Crippen LogP contribution in [0.4, 0.5) is 0 Å². The fourth-order valence-electron chi connectivity index (χ4n) is 3.65. The first-order chi connectivity index (χ1) is 12.6. The molecule has 0 unspecified atom stereocenters. The quantitative estimate of drug-likeness (QED) is 0.837. The Balaban J connectivity index is 1.63. The van der Waals surface area contributed by atoms with Gasteiger partial charge in [-0.3, -0.25) is 0 Å². The maximum Gasteiger partial charge on any atom is 0.160 e. The van der Waals surface area contributed by atoms with Crippen molar-refractivity contribution in [1.29, 1.82) is 0 Å². The summed E-state index contributed by atoms with van der Waals surface area (Å²) in [5.74, 6) is 1.87. The lowest BCUT2D eigenvalue weighted by atomic mass is 9.86. The zero-order valence-electron chi connectivity index (χ0n) is 15.5. The summed E-state index contributed by atoms with van der Waals surface area (Å²) < 4.78 is 10.7. The van der Waals surface area contributed by atoms with E-state index in [0.29, 0.717) is 5.92 Å². The van der Waals surface area contributed by atoms with Crippen LogP contribution in [0.2, 0.25) is 5.02 Å². The van der Waals surface area contributed by atoms with Crippen molar-refractivity contribution in [3.63, 3.8) is 0 Å². The smallest absolute Gasteiger partial charge is 0.160 e. The predicted octanol–water partition coefficient (Wildman–Crippen LogP) is 3.72. The van der Waals surface area contributed by atoms with Gasteiger partial charge >= 0.3 is 0 Å². The van der Waals surface area contributed by atoms with Crippen LogP contribution in [0, 0.1) is 0 Å². The average molecular weight is 375 g/mol. The topological polar surface area (TPSA) is 47.7 Å². The van der Waals surface area contributed by atoms with Gasteiger partial charge in [0.05, 0.1) is 14.2 Å². The second-order valence-electron chi connectivity index (χ2n) is 6.85. The van der Waals surface area contributed by atoms with E-state index in [2.05, 4.69) is 23.1 Å². The number of ether oxygens (including phenoxy) is 2. The van der Waals surface area contributed by atoms with Gasteiger partial charge in [-0.05, 0) is 54.8 Å². The highest BCUT2D eigenvalue weighted by Gasteiger charge is 2.27. The van der Waals surface area contributed by atoms with E-state index in [1.54, 1.807) is 14.2 Å². The summed E-state index contributed by atoms with van der Waals surface area (Å²) in [4.78, 5) is 2.49.